The number of aromatic nitrogens is 1. The minimum atomic E-state index is -4.38. The third kappa shape index (κ3) is 7.92. The predicted octanol–water partition coefficient (Wildman–Crippen LogP) is 2.95. The van der Waals surface area contributed by atoms with Crippen LogP contribution in [0.25, 0.3) is 0 Å². The summed E-state index contributed by atoms with van der Waals surface area (Å²) in [6.45, 7) is 4.18. The van der Waals surface area contributed by atoms with Gasteiger partial charge in [-0.3, -0.25) is 9.89 Å². The number of pyridine rings is 1. The Balaban J connectivity index is 1.76. The summed E-state index contributed by atoms with van der Waals surface area (Å²) in [6.07, 6.45) is 2.06. The molecule has 1 aliphatic heterocycles. The molecule has 1 aliphatic rings. The van der Waals surface area contributed by atoms with E-state index in [2.05, 4.69) is 37.2 Å². The van der Waals surface area contributed by atoms with Crippen LogP contribution in [0.2, 0.25) is 0 Å². The highest BCUT2D eigenvalue weighted by molar-refractivity contribution is 5.79. The number of alkyl halides is 3. The van der Waals surface area contributed by atoms with Gasteiger partial charge in [-0.05, 0) is 37.4 Å². The van der Waals surface area contributed by atoms with Gasteiger partial charge in [0.25, 0.3) is 0 Å². The topological polar surface area (TPSA) is 61.8 Å². The summed E-state index contributed by atoms with van der Waals surface area (Å²) in [5.41, 5.74) is 0.761. The maximum Gasteiger partial charge on any atom is 0.422 e. The molecule has 0 saturated carbocycles. The van der Waals surface area contributed by atoms with Crippen LogP contribution in [0.1, 0.15) is 38.2 Å². The molecule has 1 saturated heterocycles. The van der Waals surface area contributed by atoms with Crippen LogP contribution in [0.4, 0.5) is 13.2 Å². The third-order valence-corrected chi connectivity index (χ3v) is 4.78. The molecule has 2 rings (SSSR count). The van der Waals surface area contributed by atoms with Gasteiger partial charge in [-0.15, -0.1) is 0 Å². The molecule has 0 aromatic carbocycles. The van der Waals surface area contributed by atoms with E-state index in [0.717, 1.165) is 25.2 Å². The fourth-order valence-electron chi connectivity index (χ4n) is 3.34. The third-order valence-electron chi connectivity index (χ3n) is 4.78. The predicted molar refractivity (Wildman–Crippen MR) is 103 cm³/mol. The average Bonchev–Trinajstić information content (AvgIpc) is 2.69. The maximum absolute atomic E-state index is 12.2. The second kappa shape index (κ2) is 11.1. The SMILES string of the molecule is CCC1CCCCN1CCNC(=NC)NCc1ccnc(OCC(F)(F)F)c1. The number of rotatable bonds is 8. The smallest absolute Gasteiger partial charge is 0.422 e. The van der Waals surface area contributed by atoms with Gasteiger partial charge in [0.05, 0.1) is 0 Å². The minimum absolute atomic E-state index is 0.0460. The van der Waals surface area contributed by atoms with Crippen LogP contribution in [-0.2, 0) is 6.54 Å². The lowest BCUT2D eigenvalue weighted by atomic mass is 10.0. The second-order valence-electron chi connectivity index (χ2n) is 6.85. The van der Waals surface area contributed by atoms with Crippen molar-refractivity contribution < 1.29 is 17.9 Å². The van der Waals surface area contributed by atoms with E-state index in [1.54, 1.807) is 13.1 Å². The molecule has 0 amide bonds. The fourth-order valence-corrected chi connectivity index (χ4v) is 3.34. The molecule has 1 unspecified atom stereocenters. The lowest BCUT2D eigenvalue weighted by molar-refractivity contribution is -0.154. The second-order valence-corrected chi connectivity index (χ2v) is 6.85. The van der Waals surface area contributed by atoms with Crippen LogP contribution >= 0.6 is 0 Å². The Labute approximate surface area is 164 Å². The quantitative estimate of drug-likeness (QED) is 0.518. The van der Waals surface area contributed by atoms with E-state index >= 15 is 0 Å². The van der Waals surface area contributed by atoms with Crippen molar-refractivity contribution in [1.82, 2.24) is 20.5 Å². The van der Waals surface area contributed by atoms with Gasteiger partial charge in [0.15, 0.2) is 12.6 Å². The largest absolute Gasteiger partial charge is 0.468 e. The zero-order valence-electron chi connectivity index (χ0n) is 16.6. The van der Waals surface area contributed by atoms with E-state index in [9.17, 15) is 13.2 Å². The molecule has 9 heteroatoms. The molecule has 0 spiro atoms. The minimum Gasteiger partial charge on any atom is -0.468 e. The van der Waals surface area contributed by atoms with Crippen molar-refractivity contribution >= 4 is 5.96 Å². The highest BCUT2D eigenvalue weighted by atomic mass is 19.4. The van der Waals surface area contributed by atoms with E-state index in [-0.39, 0.29) is 5.88 Å². The van der Waals surface area contributed by atoms with Crippen molar-refractivity contribution in [1.29, 1.82) is 0 Å². The van der Waals surface area contributed by atoms with Gasteiger partial charge in [-0.2, -0.15) is 13.2 Å². The first-order valence-electron chi connectivity index (χ1n) is 9.74. The van der Waals surface area contributed by atoms with E-state index in [1.807, 2.05) is 0 Å². The Hall–Kier alpha value is -2.03. The number of nitrogens with zero attached hydrogens (tertiary/aromatic N) is 3. The fraction of sp³-hybridized carbons (Fsp3) is 0.684. The summed E-state index contributed by atoms with van der Waals surface area (Å²) in [6, 6.07) is 3.88. The van der Waals surface area contributed by atoms with Gasteiger partial charge in [0.1, 0.15) is 0 Å². The Morgan fingerprint density at radius 3 is 2.89 bits per heavy atom. The number of guanidine groups is 1. The van der Waals surface area contributed by atoms with Crippen molar-refractivity contribution in [2.75, 3.05) is 33.3 Å². The van der Waals surface area contributed by atoms with Crippen LogP contribution in [0, 0.1) is 0 Å². The first kappa shape index (κ1) is 22.3. The van der Waals surface area contributed by atoms with Crippen LogP contribution in [-0.4, -0.2) is 61.4 Å². The molecular weight excluding hydrogens is 371 g/mol. The lowest BCUT2D eigenvalue weighted by Gasteiger charge is -2.35. The molecule has 1 aromatic heterocycles. The Bertz CT molecular complexity index is 624. The molecule has 1 aromatic rings. The number of piperidine rings is 1. The molecule has 2 N–H and O–H groups in total. The van der Waals surface area contributed by atoms with Gasteiger partial charge in [-0.1, -0.05) is 13.3 Å². The molecule has 0 radical (unpaired) electrons. The number of ether oxygens (including phenoxy) is 1. The molecule has 2 heterocycles. The van der Waals surface area contributed by atoms with Crippen LogP contribution in [0.5, 0.6) is 5.88 Å². The zero-order valence-corrected chi connectivity index (χ0v) is 16.6. The summed E-state index contributed by atoms with van der Waals surface area (Å²) < 4.78 is 41.4. The molecule has 0 aliphatic carbocycles. The number of halogens is 3. The molecule has 0 bridgehead atoms. The van der Waals surface area contributed by atoms with Crippen molar-refractivity contribution in [3.05, 3.63) is 23.9 Å². The van der Waals surface area contributed by atoms with E-state index in [0.29, 0.717) is 18.5 Å². The first-order chi connectivity index (χ1) is 13.4. The van der Waals surface area contributed by atoms with Crippen LogP contribution < -0.4 is 15.4 Å². The number of hydrogen-bond acceptors (Lipinski definition) is 4. The first-order valence-corrected chi connectivity index (χ1v) is 9.74. The molecule has 1 atom stereocenters. The van der Waals surface area contributed by atoms with Crippen molar-refractivity contribution in [2.24, 2.45) is 4.99 Å². The monoisotopic (exact) mass is 401 g/mol. The molecule has 28 heavy (non-hydrogen) atoms. The van der Waals surface area contributed by atoms with E-state index < -0.39 is 12.8 Å². The van der Waals surface area contributed by atoms with Gasteiger partial charge in [0, 0.05) is 45.0 Å². The Morgan fingerprint density at radius 1 is 1.36 bits per heavy atom. The summed E-state index contributed by atoms with van der Waals surface area (Å²) in [7, 11) is 1.69. The highest BCUT2D eigenvalue weighted by Gasteiger charge is 2.28. The van der Waals surface area contributed by atoms with Crippen LogP contribution in [0.3, 0.4) is 0 Å². The highest BCUT2D eigenvalue weighted by Crippen LogP contribution is 2.19. The average molecular weight is 401 g/mol. The van der Waals surface area contributed by atoms with Gasteiger partial charge >= 0.3 is 6.18 Å². The number of aliphatic imine (C=N–C) groups is 1. The summed E-state index contributed by atoms with van der Waals surface area (Å²) in [4.78, 5) is 10.5. The molecular formula is C19H30F3N5O. The van der Waals surface area contributed by atoms with Crippen molar-refractivity contribution in [3.63, 3.8) is 0 Å². The van der Waals surface area contributed by atoms with E-state index in [1.165, 1.54) is 37.9 Å². The van der Waals surface area contributed by atoms with Crippen molar-refractivity contribution in [3.8, 4) is 5.88 Å². The number of nitrogens with one attached hydrogen (secondary N) is 2. The summed E-state index contributed by atoms with van der Waals surface area (Å²) >= 11 is 0. The van der Waals surface area contributed by atoms with Crippen molar-refractivity contribution in [2.45, 2.75) is 51.4 Å². The standard InChI is InChI=1S/C19H30F3N5O/c1-3-16-6-4-5-10-27(16)11-9-25-18(23-2)26-13-15-7-8-24-17(12-15)28-14-19(20,21)22/h7-8,12,16H,3-6,9-11,13-14H2,1-2H3,(H2,23,25,26). The molecule has 1 fully saturated rings. The van der Waals surface area contributed by atoms with Gasteiger partial charge < -0.3 is 15.4 Å². The Kier molecular flexibility index (Phi) is 8.82. The summed E-state index contributed by atoms with van der Waals surface area (Å²) in [5.74, 6) is 0.606. The number of hydrogen-bond donors (Lipinski definition) is 2. The lowest BCUT2D eigenvalue weighted by Crippen LogP contribution is -2.45. The number of likely N-dealkylation sites (tertiary alicyclic amines) is 1. The summed E-state index contributed by atoms with van der Waals surface area (Å²) in [5, 5.41) is 6.46. The molecule has 158 valence electrons. The molecule has 6 nitrogen and oxygen atoms in total. The van der Waals surface area contributed by atoms with Gasteiger partial charge in [-0.25, -0.2) is 4.98 Å². The Morgan fingerprint density at radius 2 is 2.18 bits per heavy atom. The van der Waals surface area contributed by atoms with Gasteiger partial charge in [0.2, 0.25) is 5.88 Å². The maximum atomic E-state index is 12.2. The zero-order chi connectivity index (χ0) is 20.4. The normalized spacial score (nSPS) is 18.8. The van der Waals surface area contributed by atoms with Crippen LogP contribution in [0.15, 0.2) is 23.3 Å². The van der Waals surface area contributed by atoms with E-state index in [4.69, 9.17) is 0 Å².